The molecule has 1 saturated carbocycles. The van der Waals surface area contributed by atoms with Crippen LogP contribution in [0.3, 0.4) is 0 Å². The Morgan fingerprint density at radius 2 is 2.07 bits per heavy atom. The molecule has 0 unspecified atom stereocenters. The first-order valence-electron chi connectivity index (χ1n) is 5.52. The van der Waals surface area contributed by atoms with Crippen LogP contribution in [0.1, 0.15) is 24.8 Å². The molecule has 1 aromatic rings. The third kappa shape index (κ3) is 2.78. The highest BCUT2D eigenvalue weighted by molar-refractivity contribution is 5.13. The predicted molar refractivity (Wildman–Crippen MR) is 60.0 cm³/mol. The Labute approximate surface area is 90.6 Å². The number of nitrogens with one attached hydrogen (secondary N) is 1. The van der Waals surface area contributed by atoms with Crippen molar-refractivity contribution in [3.05, 3.63) is 35.9 Å². The molecule has 0 heterocycles. The van der Waals surface area contributed by atoms with E-state index in [1.807, 2.05) is 18.2 Å². The van der Waals surface area contributed by atoms with Gasteiger partial charge in [0.25, 0.3) is 0 Å². The fourth-order valence-corrected chi connectivity index (χ4v) is 2.09. The molecule has 1 aromatic carbocycles. The molecule has 0 spiro atoms. The van der Waals surface area contributed by atoms with Crippen LogP contribution in [0, 0.1) is 0 Å². The molecule has 15 heavy (non-hydrogen) atoms. The van der Waals surface area contributed by atoms with Gasteiger partial charge in [-0.2, -0.15) is 0 Å². The maximum absolute atomic E-state index is 5.85. The van der Waals surface area contributed by atoms with Crippen molar-refractivity contribution < 1.29 is 4.74 Å². The predicted octanol–water partition coefficient (Wildman–Crippen LogP) is 1.59. The van der Waals surface area contributed by atoms with Crippen LogP contribution in [0.5, 0.6) is 0 Å². The van der Waals surface area contributed by atoms with Crippen LogP contribution in [0.25, 0.3) is 0 Å². The lowest BCUT2D eigenvalue weighted by atomic mass is 10.2. The Bertz CT molecular complexity index is 289. The lowest BCUT2D eigenvalue weighted by Crippen LogP contribution is -2.41. The largest absolute Gasteiger partial charge is 0.372 e. The summed E-state index contributed by atoms with van der Waals surface area (Å²) in [5.74, 6) is 5.46. The zero-order valence-electron chi connectivity index (χ0n) is 8.86. The minimum Gasteiger partial charge on any atom is -0.372 e. The molecule has 1 fully saturated rings. The van der Waals surface area contributed by atoms with Gasteiger partial charge in [-0.1, -0.05) is 30.3 Å². The van der Waals surface area contributed by atoms with E-state index in [9.17, 15) is 0 Å². The van der Waals surface area contributed by atoms with E-state index in [2.05, 4.69) is 17.6 Å². The summed E-state index contributed by atoms with van der Waals surface area (Å²) < 4.78 is 5.85. The van der Waals surface area contributed by atoms with Crippen LogP contribution < -0.4 is 11.3 Å². The Hall–Kier alpha value is -0.900. The van der Waals surface area contributed by atoms with Gasteiger partial charge in [0.05, 0.1) is 12.7 Å². The van der Waals surface area contributed by atoms with Gasteiger partial charge in [-0.15, -0.1) is 0 Å². The first-order chi connectivity index (χ1) is 7.40. The van der Waals surface area contributed by atoms with Gasteiger partial charge in [0.15, 0.2) is 0 Å². The van der Waals surface area contributed by atoms with Crippen molar-refractivity contribution in [3.8, 4) is 0 Å². The average Bonchev–Trinajstić information content (AvgIpc) is 2.75. The van der Waals surface area contributed by atoms with Gasteiger partial charge in [-0.3, -0.25) is 11.3 Å². The zero-order valence-corrected chi connectivity index (χ0v) is 8.86. The van der Waals surface area contributed by atoms with Crippen LogP contribution in [-0.4, -0.2) is 12.1 Å². The third-order valence-corrected chi connectivity index (χ3v) is 2.97. The number of nitrogens with two attached hydrogens (primary N) is 1. The zero-order chi connectivity index (χ0) is 10.5. The molecule has 0 amide bonds. The summed E-state index contributed by atoms with van der Waals surface area (Å²) in [6.45, 7) is 0.684. The first kappa shape index (κ1) is 10.6. The van der Waals surface area contributed by atoms with Crippen molar-refractivity contribution in [1.29, 1.82) is 0 Å². The number of rotatable bonds is 4. The maximum Gasteiger partial charge on any atom is 0.0746 e. The Balaban J connectivity index is 1.83. The molecule has 1 aliphatic carbocycles. The SMILES string of the molecule is NN[C@H]1CCC[C@@H]1OCc1ccccc1. The fraction of sp³-hybridized carbons (Fsp3) is 0.500. The van der Waals surface area contributed by atoms with Crippen LogP contribution in [-0.2, 0) is 11.3 Å². The summed E-state index contributed by atoms with van der Waals surface area (Å²) in [7, 11) is 0. The summed E-state index contributed by atoms with van der Waals surface area (Å²) in [6.07, 6.45) is 3.71. The van der Waals surface area contributed by atoms with Gasteiger partial charge in [-0.05, 0) is 24.8 Å². The summed E-state index contributed by atoms with van der Waals surface area (Å²) >= 11 is 0. The normalized spacial score (nSPS) is 25.7. The van der Waals surface area contributed by atoms with E-state index in [-0.39, 0.29) is 6.10 Å². The molecule has 0 radical (unpaired) electrons. The monoisotopic (exact) mass is 206 g/mol. The van der Waals surface area contributed by atoms with E-state index >= 15 is 0 Å². The molecule has 0 saturated heterocycles. The molecule has 0 aliphatic heterocycles. The van der Waals surface area contributed by atoms with Crippen LogP contribution in [0.2, 0.25) is 0 Å². The fourth-order valence-electron chi connectivity index (χ4n) is 2.09. The summed E-state index contributed by atoms with van der Waals surface area (Å²) in [4.78, 5) is 0. The van der Waals surface area contributed by atoms with Gasteiger partial charge in [0.2, 0.25) is 0 Å². The number of hydrogen-bond acceptors (Lipinski definition) is 3. The molecule has 2 atom stereocenters. The van der Waals surface area contributed by atoms with E-state index in [1.54, 1.807) is 0 Å². The molecule has 3 heteroatoms. The van der Waals surface area contributed by atoms with Crippen molar-refractivity contribution in [2.24, 2.45) is 5.84 Å². The average molecular weight is 206 g/mol. The summed E-state index contributed by atoms with van der Waals surface area (Å²) in [5, 5.41) is 0. The van der Waals surface area contributed by atoms with Crippen molar-refractivity contribution in [2.75, 3.05) is 0 Å². The highest BCUT2D eigenvalue weighted by Gasteiger charge is 2.26. The Morgan fingerprint density at radius 3 is 2.80 bits per heavy atom. The lowest BCUT2D eigenvalue weighted by molar-refractivity contribution is 0.0280. The van der Waals surface area contributed by atoms with E-state index in [4.69, 9.17) is 10.6 Å². The van der Waals surface area contributed by atoms with Crippen molar-refractivity contribution in [1.82, 2.24) is 5.43 Å². The van der Waals surface area contributed by atoms with Gasteiger partial charge >= 0.3 is 0 Å². The second kappa shape index (κ2) is 5.26. The van der Waals surface area contributed by atoms with E-state index in [1.165, 1.54) is 12.0 Å². The number of benzene rings is 1. The van der Waals surface area contributed by atoms with Crippen molar-refractivity contribution in [3.63, 3.8) is 0 Å². The van der Waals surface area contributed by atoms with Crippen molar-refractivity contribution >= 4 is 0 Å². The molecule has 0 bridgehead atoms. The molecular formula is C12H18N2O. The topological polar surface area (TPSA) is 47.3 Å². The standard InChI is InChI=1S/C12H18N2O/c13-14-11-7-4-8-12(11)15-9-10-5-2-1-3-6-10/h1-3,5-6,11-12,14H,4,7-9,13H2/t11-,12-/m0/s1. The van der Waals surface area contributed by atoms with Crippen LogP contribution in [0.15, 0.2) is 30.3 Å². The minimum absolute atomic E-state index is 0.273. The van der Waals surface area contributed by atoms with Crippen molar-refractivity contribution in [2.45, 2.75) is 38.0 Å². The first-order valence-corrected chi connectivity index (χ1v) is 5.52. The second-order valence-corrected chi connectivity index (χ2v) is 4.04. The summed E-state index contributed by atoms with van der Waals surface area (Å²) in [6, 6.07) is 10.6. The van der Waals surface area contributed by atoms with Crippen LogP contribution in [0.4, 0.5) is 0 Å². The molecule has 82 valence electrons. The van der Waals surface area contributed by atoms with E-state index in [0.29, 0.717) is 12.6 Å². The number of ether oxygens (including phenoxy) is 1. The van der Waals surface area contributed by atoms with Gasteiger partial charge in [0, 0.05) is 6.04 Å². The Morgan fingerprint density at radius 1 is 1.27 bits per heavy atom. The van der Waals surface area contributed by atoms with Crippen LogP contribution >= 0.6 is 0 Å². The highest BCUT2D eigenvalue weighted by Crippen LogP contribution is 2.22. The molecule has 3 N–H and O–H groups in total. The second-order valence-electron chi connectivity index (χ2n) is 4.04. The summed E-state index contributed by atoms with van der Waals surface area (Å²) in [5.41, 5.74) is 4.05. The highest BCUT2D eigenvalue weighted by atomic mass is 16.5. The maximum atomic E-state index is 5.85. The van der Waals surface area contributed by atoms with Gasteiger partial charge in [-0.25, -0.2) is 0 Å². The molecular weight excluding hydrogens is 188 g/mol. The smallest absolute Gasteiger partial charge is 0.0746 e. The molecule has 1 aliphatic rings. The van der Waals surface area contributed by atoms with Gasteiger partial charge in [0.1, 0.15) is 0 Å². The number of hydrazine groups is 1. The van der Waals surface area contributed by atoms with E-state index in [0.717, 1.165) is 12.8 Å². The Kier molecular flexibility index (Phi) is 3.72. The molecule has 2 rings (SSSR count). The third-order valence-electron chi connectivity index (χ3n) is 2.97. The minimum atomic E-state index is 0.273. The van der Waals surface area contributed by atoms with Gasteiger partial charge < -0.3 is 4.74 Å². The van der Waals surface area contributed by atoms with E-state index < -0.39 is 0 Å². The lowest BCUT2D eigenvalue weighted by Gasteiger charge is -2.19. The number of hydrogen-bond donors (Lipinski definition) is 2. The molecule has 0 aromatic heterocycles. The molecule has 3 nitrogen and oxygen atoms in total. The quantitative estimate of drug-likeness (QED) is 0.581.